The van der Waals surface area contributed by atoms with E-state index in [0.29, 0.717) is 25.5 Å². The zero-order valence-electron chi connectivity index (χ0n) is 13.4. The number of hydrogen-bond donors (Lipinski definition) is 2. The second-order valence-corrected chi connectivity index (χ2v) is 7.90. The van der Waals surface area contributed by atoms with E-state index >= 15 is 0 Å². The molecule has 138 valence electrons. The van der Waals surface area contributed by atoms with Crippen LogP contribution in [0.1, 0.15) is 24.4 Å². The number of sulfonamides is 1. The van der Waals surface area contributed by atoms with Gasteiger partial charge in [0, 0.05) is 13.1 Å². The fourth-order valence-corrected chi connectivity index (χ4v) is 3.61. The van der Waals surface area contributed by atoms with Crippen LogP contribution in [0, 0.1) is 17.6 Å². The second kappa shape index (κ2) is 7.44. The lowest BCUT2D eigenvalue weighted by molar-refractivity contribution is -0.143. The van der Waals surface area contributed by atoms with Crippen molar-refractivity contribution < 1.29 is 31.9 Å². The van der Waals surface area contributed by atoms with Crippen molar-refractivity contribution >= 4 is 21.9 Å². The van der Waals surface area contributed by atoms with Crippen molar-refractivity contribution in [2.75, 3.05) is 19.3 Å². The Morgan fingerprint density at radius 3 is 2.56 bits per heavy atom. The summed E-state index contributed by atoms with van der Waals surface area (Å²) in [7, 11) is -3.45. The monoisotopic (exact) mass is 376 g/mol. The molecule has 2 N–H and O–H groups in total. The summed E-state index contributed by atoms with van der Waals surface area (Å²) in [6, 6.07) is 0.995. The number of halogens is 2. The third kappa shape index (κ3) is 4.73. The molecule has 2 rings (SSSR count). The van der Waals surface area contributed by atoms with Crippen molar-refractivity contribution in [3.8, 4) is 0 Å². The fraction of sp³-hybridized carbons (Fsp3) is 0.467. The van der Waals surface area contributed by atoms with Gasteiger partial charge in [-0.25, -0.2) is 26.3 Å². The molecule has 1 saturated heterocycles. The van der Waals surface area contributed by atoms with Gasteiger partial charge in [0.15, 0.2) is 17.7 Å². The maximum atomic E-state index is 13.3. The Bertz CT molecular complexity index is 784. The molecule has 25 heavy (non-hydrogen) atoms. The second-order valence-electron chi connectivity index (χ2n) is 5.91. The van der Waals surface area contributed by atoms with Crippen molar-refractivity contribution in [3.05, 3.63) is 35.4 Å². The molecule has 0 spiro atoms. The summed E-state index contributed by atoms with van der Waals surface area (Å²) in [5, 5.41) is 11.6. The minimum atomic E-state index is -3.45. The Kier molecular flexibility index (Phi) is 5.73. The lowest BCUT2D eigenvalue weighted by atomic mass is 9.97. The van der Waals surface area contributed by atoms with Crippen LogP contribution in [-0.2, 0) is 19.6 Å². The summed E-state index contributed by atoms with van der Waals surface area (Å²) >= 11 is 0. The molecule has 0 bridgehead atoms. The van der Waals surface area contributed by atoms with E-state index in [4.69, 9.17) is 0 Å². The third-order valence-electron chi connectivity index (χ3n) is 4.03. The molecule has 0 aliphatic carbocycles. The fourth-order valence-electron chi connectivity index (χ4n) is 2.70. The van der Waals surface area contributed by atoms with Gasteiger partial charge in [-0.15, -0.1) is 0 Å². The first-order valence-corrected chi connectivity index (χ1v) is 9.37. The third-order valence-corrected chi connectivity index (χ3v) is 5.30. The zero-order chi connectivity index (χ0) is 18.8. The van der Waals surface area contributed by atoms with Gasteiger partial charge in [-0.3, -0.25) is 4.79 Å². The number of rotatable bonds is 5. The molecule has 2 atom stereocenters. The van der Waals surface area contributed by atoms with Gasteiger partial charge in [-0.2, -0.15) is 0 Å². The van der Waals surface area contributed by atoms with Crippen LogP contribution in [-0.4, -0.2) is 49.1 Å². The average Bonchev–Trinajstić information content (AvgIpc) is 2.54. The number of carbonyl (C=O) groups is 2. The maximum absolute atomic E-state index is 13.3. The van der Waals surface area contributed by atoms with Crippen LogP contribution in [0.15, 0.2) is 18.2 Å². The van der Waals surface area contributed by atoms with Crippen molar-refractivity contribution in [1.29, 1.82) is 0 Å². The molecule has 1 heterocycles. The van der Waals surface area contributed by atoms with E-state index in [0.717, 1.165) is 22.7 Å². The van der Waals surface area contributed by atoms with E-state index in [-0.39, 0.29) is 12.1 Å². The Morgan fingerprint density at radius 1 is 1.32 bits per heavy atom. The van der Waals surface area contributed by atoms with E-state index in [1.54, 1.807) is 0 Å². The molecular weight excluding hydrogens is 358 g/mol. The number of aliphatic carboxylic acids is 1. The van der Waals surface area contributed by atoms with Gasteiger partial charge in [0.05, 0.1) is 12.2 Å². The van der Waals surface area contributed by atoms with Crippen LogP contribution in [0.4, 0.5) is 8.78 Å². The smallest absolute Gasteiger partial charge is 0.330 e. The maximum Gasteiger partial charge on any atom is 0.330 e. The lowest BCUT2D eigenvalue weighted by Crippen LogP contribution is -2.46. The van der Waals surface area contributed by atoms with E-state index in [9.17, 15) is 31.9 Å². The molecule has 10 heteroatoms. The summed E-state index contributed by atoms with van der Waals surface area (Å²) in [6.07, 6.45) is 1.91. The molecule has 0 unspecified atom stereocenters. The van der Waals surface area contributed by atoms with Crippen LogP contribution >= 0.6 is 0 Å². The highest BCUT2D eigenvalue weighted by Crippen LogP contribution is 2.22. The van der Waals surface area contributed by atoms with Gasteiger partial charge in [0.25, 0.3) is 0 Å². The number of piperidine rings is 1. The van der Waals surface area contributed by atoms with Crippen LogP contribution in [0.25, 0.3) is 0 Å². The molecule has 1 amide bonds. The highest BCUT2D eigenvalue weighted by Gasteiger charge is 2.32. The molecule has 0 saturated carbocycles. The Labute approximate surface area is 143 Å². The van der Waals surface area contributed by atoms with Crippen LogP contribution < -0.4 is 5.32 Å². The van der Waals surface area contributed by atoms with Crippen molar-refractivity contribution in [2.45, 2.75) is 18.9 Å². The molecule has 1 fully saturated rings. The van der Waals surface area contributed by atoms with Gasteiger partial charge < -0.3 is 10.4 Å². The molecule has 0 aromatic heterocycles. The van der Waals surface area contributed by atoms with Crippen molar-refractivity contribution in [1.82, 2.24) is 9.62 Å². The first-order chi connectivity index (χ1) is 11.6. The minimum absolute atomic E-state index is 0.0468. The Hall–Kier alpha value is -2.07. The number of nitrogens with zero attached hydrogens (tertiary/aromatic N) is 1. The minimum Gasteiger partial charge on any atom is -0.479 e. The summed E-state index contributed by atoms with van der Waals surface area (Å²) < 4.78 is 50.7. The molecule has 1 aromatic carbocycles. The normalized spacial score (nSPS) is 20.0. The molecule has 7 nitrogen and oxygen atoms in total. The first kappa shape index (κ1) is 19.3. The molecule has 1 aliphatic rings. The summed E-state index contributed by atoms with van der Waals surface area (Å²) in [5.41, 5.74) is -0.115. The Balaban J connectivity index is 2.15. The molecule has 1 aliphatic heterocycles. The lowest BCUT2D eigenvalue weighted by Gasteiger charge is -2.30. The number of carboxylic acids is 1. The summed E-state index contributed by atoms with van der Waals surface area (Å²) in [6.45, 7) is 0.253. The van der Waals surface area contributed by atoms with Gasteiger partial charge in [-0.1, -0.05) is 6.07 Å². The molecule has 1 aromatic rings. The SMILES string of the molecule is CS(=O)(=O)N1CCC[C@H](C(=O)N[C@H](C(=O)O)c2ccc(F)c(F)c2)C1. The van der Waals surface area contributed by atoms with E-state index in [2.05, 4.69) is 5.32 Å². The van der Waals surface area contributed by atoms with E-state index < -0.39 is 45.5 Å². The van der Waals surface area contributed by atoms with Gasteiger partial charge >= 0.3 is 5.97 Å². The number of hydrogen-bond acceptors (Lipinski definition) is 4. The largest absolute Gasteiger partial charge is 0.479 e. The van der Waals surface area contributed by atoms with Crippen LogP contribution in [0.2, 0.25) is 0 Å². The van der Waals surface area contributed by atoms with E-state index in [1.165, 1.54) is 0 Å². The van der Waals surface area contributed by atoms with Crippen molar-refractivity contribution in [3.63, 3.8) is 0 Å². The topological polar surface area (TPSA) is 104 Å². The number of carboxylic acid groups (broad SMARTS) is 1. The van der Waals surface area contributed by atoms with Crippen LogP contribution in [0.3, 0.4) is 0 Å². The van der Waals surface area contributed by atoms with Gasteiger partial charge in [0.2, 0.25) is 15.9 Å². The number of nitrogens with one attached hydrogen (secondary N) is 1. The van der Waals surface area contributed by atoms with Crippen LogP contribution in [0.5, 0.6) is 0 Å². The highest BCUT2D eigenvalue weighted by molar-refractivity contribution is 7.88. The van der Waals surface area contributed by atoms with E-state index in [1.807, 2.05) is 0 Å². The number of amides is 1. The summed E-state index contributed by atoms with van der Waals surface area (Å²) in [4.78, 5) is 23.7. The quantitative estimate of drug-likeness (QED) is 0.794. The Morgan fingerprint density at radius 2 is 2.00 bits per heavy atom. The predicted octanol–water partition coefficient (Wildman–Crippen LogP) is 0.878. The average molecular weight is 376 g/mol. The highest BCUT2D eigenvalue weighted by atomic mass is 32.2. The van der Waals surface area contributed by atoms with Crippen molar-refractivity contribution in [2.24, 2.45) is 5.92 Å². The summed E-state index contributed by atoms with van der Waals surface area (Å²) in [5.74, 6) is -5.15. The zero-order valence-corrected chi connectivity index (χ0v) is 14.2. The van der Waals surface area contributed by atoms with Gasteiger partial charge in [0.1, 0.15) is 0 Å². The predicted molar refractivity (Wildman–Crippen MR) is 84.0 cm³/mol. The molecule has 0 radical (unpaired) electrons. The standard InChI is InChI=1S/C15H18F2N2O5S/c1-25(23,24)19-6-2-3-10(8-19)14(20)18-13(15(21)22)9-4-5-11(16)12(17)7-9/h4-5,7,10,13H,2-3,6,8H2,1H3,(H,18,20)(H,21,22)/t10-,13-/m0/s1. The molecular formula is C15H18F2N2O5S. The number of carbonyl (C=O) groups excluding carboxylic acids is 1. The number of benzene rings is 1. The van der Waals surface area contributed by atoms with Gasteiger partial charge in [-0.05, 0) is 30.5 Å². The first-order valence-electron chi connectivity index (χ1n) is 7.53.